The highest BCUT2D eigenvalue weighted by atomic mass is 16.5. The molecule has 8 nitrogen and oxygen atoms in total. The van der Waals surface area contributed by atoms with Gasteiger partial charge in [0.1, 0.15) is 5.52 Å². The summed E-state index contributed by atoms with van der Waals surface area (Å²) >= 11 is 0. The number of nitrogens with zero attached hydrogens (tertiary/aromatic N) is 4. The van der Waals surface area contributed by atoms with E-state index in [1.807, 2.05) is 0 Å². The highest BCUT2D eigenvalue weighted by molar-refractivity contribution is 5.84. The molecule has 1 aliphatic heterocycles. The molecule has 3 atom stereocenters. The van der Waals surface area contributed by atoms with E-state index in [1.165, 1.54) is 31.4 Å². The molecule has 0 spiro atoms. The molecule has 3 heterocycles. The van der Waals surface area contributed by atoms with Crippen molar-refractivity contribution in [2.24, 2.45) is 11.8 Å². The molecule has 3 N–H and O–H groups in total. The van der Waals surface area contributed by atoms with Gasteiger partial charge >= 0.3 is 0 Å². The van der Waals surface area contributed by atoms with Gasteiger partial charge in [0.15, 0.2) is 11.5 Å². The number of aromatic nitrogens is 4. The molecule has 2 aliphatic carbocycles. The van der Waals surface area contributed by atoms with E-state index in [0.29, 0.717) is 17.6 Å². The van der Waals surface area contributed by atoms with Crippen LogP contribution in [0.1, 0.15) is 25.7 Å². The second-order valence-corrected chi connectivity index (χ2v) is 8.69. The fourth-order valence-corrected chi connectivity index (χ4v) is 5.30. The lowest BCUT2D eigenvalue weighted by Gasteiger charge is -2.28. The summed E-state index contributed by atoms with van der Waals surface area (Å²) in [6.45, 7) is 3.44. The Morgan fingerprint density at radius 2 is 1.90 bits per heavy atom. The SMILES string of the molecule is c1nc2nc(Nc3ccc(N4CCOCC4)cc3)nc(N[C@H]3C[C@H]4CC[C@@H]3C4)c2[nH]1. The summed E-state index contributed by atoms with van der Waals surface area (Å²) in [4.78, 5) is 19.3. The molecule has 3 fully saturated rings. The van der Waals surface area contributed by atoms with Crippen LogP contribution in [-0.4, -0.2) is 52.3 Å². The predicted octanol–water partition coefficient (Wildman–Crippen LogP) is 3.53. The zero-order chi connectivity index (χ0) is 19.9. The molecule has 0 radical (unpaired) electrons. The largest absolute Gasteiger partial charge is 0.378 e. The standard InChI is InChI=1S/C22H27N7O/c1-2-15-11-14(1)12-18(15)26-21-19-20(24-13-23-19)27-22(28-21)25-16-3-5-17(6-4-16)29-7-9-30-10-8-29/h3-6,13-15,18H,1-2,7-12H2,(H3,23,24,25,26,27,28)/t14-,15+,18-/m0/s1. The minimum atomic E-state index is 0.505. The number of H-pyrrole nitrogens is 1. The van der Waals surface area contributed by atoms with Crippen LogP contribution in [0.2, 0.25) is 0 Å². The normalized spacial score (nSPS) is 25.7. The molecule has 2 bridgehead atoms. The number of morpholine rings is 1. The Balaban J connectivity index is 1.22. The molecule has 0 amide bonds. The molecular formula is C22H27N7O. The molecule has 2 saturated carbocycles. The molecule has 1 saturated heterocycles. The first-order chi connectivity index (χ1) is 14.8. The number of anilines is 4. The molecule has 8 heteroatoms. The van der Waals surface area contributed by atoms with Crippen molar-refractivity contribution in [1.82, 2.24) is 19.9 Å². The fourth-order valence-electron chi connectivity index (χ4n) is 5.30. The average Bonchev–Trinajstić information content (AvgIpc) is 3.52. The molecular weight excluding hydrogens is 378 g/mol. The number of fused-ring (bicyclic) bond motifs is 3. The molecule has 6 rings (SSSR count). The first kappa shape index (κ1) is 17.9. The zero-order valence-corrected chi connectivity index (χ0v) is 17.0. The smallest absolute Gasteiger partial charge is 0.231 e. The average molecular weight is 406 g/mol. The van der Waals surface area contributed by atoms with Crippen molar-refractivity contribution in [2.75, 3.05) is 41.8 Å². The van der Waals surface area contributed by atoms with Gasteiger partial charge in [-0.15, -0.1) is 0 Å². The van der Waals surface area contributed by atoms with E-state index >= 15 is 0 Å². The Bertz CT molecular complexity index is 1030. The molecule has 0 unspecified atom stereocenters. The first-order valence-corrected chi connectivity index (χ1v) is 11.0. The van der Waals surface area contributed by atoms with Crippen LogP contribution in [-0.2, 0) is 4.74 Å². The van der Waals surface area contributed by atoms with Crippen LogP contribution in [0.15, 0.2) is 30.6 Å². The predicted molar refractivity (Wildman–Crippen MR) is 117 cm³/mol. The number of benzene rings is 1. The van der Waals surface area contributed by atoms with E-state index in [-0.39, 0.29) is 0 Å². The van der Waals surface area contributed by atoms with Gasteiger partial charge in [-0.05, 0) is 55.4 Å². The summed E-state index contributed by atoms with van der Waals surface area (Å²) in [6.07, 6.45) is 7.01. The second-order valence-electron chi connectivity index (χ2n) is 8.69. The van der Waals surface area contributed by atoms with E-state index < -0.39 is 0 Å². The van der Waals surface area contributed by atoms with Crippen molar-refractivity contribution in [3.63, 3.8) is 0 Å². The quantitative estimate of drug-likeness (QED) is 0.598. The fraction of sp³-hybridized carbons (Fsp3) is 0.500. The molecule has 1 aromatic carbocycles. The van der Waals surface area contributed by atoms with Crippen molar-refractivity contribution in [2.45, 2.75) is 31.7 Å². The Hall–Kier alpha value is -2.87. The number of hydrogen-bond acceptors (Lipinski definition) is 7. The van der Waals surface area contributed by atoms with Crippen LogP contribution < -0.4 is 15.5 Å². The van der Waals surface area contributed by atoms with E-state index in [9.17, 15) is 0 Å². The van der Waals surface area contributed by atoms with E-state index in [2.05, 4.69) is 54.8 Å². The third-order valence-electron chi connectivity index (χ3n) is 6.85. The van der Waals surface area contributed by atoms with Crippen LogP contribution in [0.25, 0.3) is 11.2 Å². The topological polar surface area (TPSA) is 91.0 Å². The summed E-state index contributed by atoms with van der Waals surface area (Å²) in [5, 5.41) is 7.05. The number of hydrogen-bond donors (Lipinski definition) is 3. The highest BCUT2D eigenvalue weighted by Gasteiger charge is 2.39. The third-order valence-corrected chi connectivity index (χ3v) is 6.85. The Morgan fingerprint density at radius 1 is 1.03 bits per heavy atom. The zero-order valence-electron chi connectivity index (χ0n) is 17.0. The van der Waals surface area contributed by atoms with E-state index in [1.54, 1.807) is 6.33 Å². The third kappa shape index (κ3) is 3.35. The second kappa shape index (κ2) is 7.43. The van der Waals surface area contributed by atoms with Gasteiger partial charge < -0.3 is 25.3 Å². The summed E-state index contributed by atoms with van der Waals surface area (Å²) in [5.74, 6) is 3.07. The van der Waals surface area contributed by atoms with Gasteiger partial charge in [-0.3, -0.25) is 0 Å². The Kier molecular flexibility index (Phi) is 4.44. The lowest BCUT2D eigenvalue weighted by Crippen LogP contribution is -2.36. The number of nitrogens with one attached hydrogen (secondary N) is 3. The first-order valence-electron chi connectivity index (χ1n) is 11.0. The van der Waals surface area contributed by atoms with E-state index in [0.717, 1.165) is 55.2 Å². The molecule has 3 aliphatic rings. The summed E-state index contributed by atoms with van der Waals surface area (Å²) < 4.78 is 5.44. The van der Waals surface area contributed by atoms with Gasteiger partial charge in [-0.2, -0.15) is 9.97 Å². The van der Waals surface area contributed by atoms with Crippen molar-refractivity contribution < 1.29 is 4.74 Å². The van der Waals surface area contributed by atoms with Gasteiger partial charge in [0.25, 0.3) is 0 Å². The maximum absolute atomic E-state index is 5.44. The molecule has 30 heavy (non-hydrogen) atoms. The summed E-state index contributed by atoms with van der Waals surface area (Å²) in [5.41, 5.74) is 3.74. The number of imidazole rings is 1. The van der Waals surface area contributed by atoms with Crippen molar-refractivity contribution >= 4 is 34.3 Å². The number of rotatable bonds is 5. The van der Waals surface area contributed by atoms with Crippen LogP contribution in [0.3, 0.4) is 0 Å². The molecule has 2 aromatic heterocycles. The molecule has 3 aromatic rings. The lowest BCUT2D eigenvalue weighted by atomic mass is 9.95. The minimum absolute atomic E-state index is 0.505. The van der Waals surface area contributed by atoms with E-state index in [4.69, 9.17) is 9.72 Å². The summed E-state index contributed by atoms with van der Waals surface area (Å²) in [6, 6.07) is 8.92. The number of aromatic amines is 1. The monoisotopic (exact) mass is 405 g/mol. The van der Waals surface area contributed by atoms with Crippen molar-refractivity contribution in [1.29, 1.82) is 0 Å². The van der Waals surface area contributed by atoms with Crippen LogP contribution in [0, 0.1) is 11.8 Å². The van der Waals surface area contributed by atoms with Gasteiger partial charge in [0, 0.05) is 30.5 Å². The lowest BCUT2D eigenvalue weighted by molar-refractivity contribution is 0.122. The van der Waals surface area contributed by atoms with Crippen LogP contribution in [0.5, 0.6) is 0 Å². The minimum Gasteiger partial charge on any atom is -0.378 e. The van der Waals surface area contributed by atoms with Crippen LogP contribution in [0.4, 0.5) is 23.1 Å². The van der Waals surface area contributed by atoms with Gasteiger partial charge in [0.2, 0.25) is 5.95 Å². The Morgan fingerprint density at radius 3 is 2.67 bits per heavy atom. The van der Waals surface area contributed by atoms with Crippen LogP contribution >= 0.6 is 0 Å². The van der Waals surface area contributed by atoms with Gasteiger partial charge in [0.05, 0.1) is 19.5 Å². The summed E-state index contributed by atoms with van der Waals surface area (Å²) in [7, 11) is 0. The molecule has 156 valence electrons. The maximum Gasteiger partial charge on any atom is 0.231 e. The van der Waals surface area contributed by atoms with Gasteiger partial charge in [-0.25, -0.2) is 4.98 Å². The van der Waals surface area contributed by atoms with Crippen molar-refractivity contribution in [3.8, 4) is 0 Å². The number of ether oxygens (including phenoxy) is 1. The van der Waals surface area contributed by atoms with Gasteiger partial charge in [-0.1, -0.05) is 6.42 Å². The van der Waals surface area contributed by atoms with Crippen molar-refractivity contribution in [3.05, 3.63) is 30.6 Å². The highest BCUT2D eigenvalue weighted by Crippen LogP contribution is 2.45. The Labute approximate surface area is 175 Å². The maximum atomic E-state index is 5.44.